The van der Waals surface area contributed by atoms with Gasteiger partial charge in [-0.15, -0.1) is 0 Å². The van der Waals surface area contributed by atoms with E-state index in [0.29, 0.717) is 17.8 Å². The van der Waals surface area contributed by atoms with Crippen LogP contribution >= 0.6 is 0 Å². The molecule has 1 fully saturated rings. The number of benzene rings is 2. The summed E-state index contributed by atoms with van der Waals surface area (Å²) in [5.74, 6) is 0.310. The molecule has 8 heteroatoms. The summed E-state index contributed by atoms with van der Waals surface area (Å²) in [6.07, 6.45) is 0.0554. The van der Waals surface area contributed by atoms with Gasteiger partial charge in [-0.05, 0) is 70.0 Å². The number of aryl methyl sites for hydroxylation is 1. The van der Waals surface area contributed by atoms with Gasteiger partial charge in [-0.3, -0.25) is 4.90 Å². The summed E-state index contributed by atoms with van der Waals surface area (Å²) in [5.41, 5.74) is 4.28. The van der Waals surface area contributed by atoms with Crippen LogP contribution in [-0.4, -0.2) is 61.8 Å². The second-order valence-corrected chi connectivity index (χ2v) is 10.00. The average Bonchev–Trinajstić information content (AvgIpc) is 2.84. The van der Waals surface area contributed by atoms with Crippen molar-refractivity contribution in [2.45, 2.75) is 52.8 Å². The molecule has 2 N–H and O–H groups in total. The fraction of sp³-hybridized carbons (Fsp3) is 0.448. The standard InChI is InChI=1S/C29H38N4O4/c1-6-36-28(34)26-25(18-32-14-15-33(21(5)17-32)23-9-7-8-20(4)16-23)30-29(35)31-27(26)22-10-12-24(13-11-22)37-19(2)3/h7-13,16,19,21,27H,6,14-15,17-18H2,1-5H3,(H2,30,31,35)/t21-,27-/m0/s1. The zero-order valence-electron chi connectivity index (χ0n) is 22.4. The first kappa shape index (κ1) is 26.5. The van der Waals surface area contributed by atoms with Gasteiger partial charge in [0.25, 0.3) is 0 Å². The Morgan fingerprint density at radius 2 is 1.89 bits per heavy atom. The lowest BCUT2D eigenvalue weighted by Crippen LogP contribution is -2.54. The number of carbonyl (C=O) groups excluding carboxylic acids is 2. The van der Waals surface area contributed by atoms with Gasteiger partial charge in [0.2, 0.25) is 0 Å². The van der Waals surface area contributed by atoms with Crippen LogP contribution in [0.3, 0.4) is 0 Å². The van der Waals surface area contributed by atoms with Gasteiger partial charge in [0.1, 0.15) is 5.75 Å². The Bertz CT molecular complexity index is 1140. The molecule has 4 rings (SSSR count). The molecule has 2 aromatic carbocycles. The lowest BCUT2D eigenvalue weighted by Gasteiger charge is -2.42. The molecule has 0 spiro atoms. The van der Waals surface area contributed by atoms with E-state index in [0.717, 1.165) is 30.9 Å². The maximum Gasteiger partial charge on any atom is 0.338 e. The number of nitrogens with one attached hydrogen (secondary N) is 2. The summed E-state index contributed by atoms with van der Waals surface area (Å²) in [4.78, 5) is 30.6. The van der Waals surface area contributed by atoms with Gasteiger partial charge in [-0.2, -0.15) is 0 Å². The molecule has 0 saturated carbocycles. The Kier molecular flexibility index (Phi) is 8.38. The summed E-state index contributed by atoms with van der Waals surface area (Å²) in [5, 5.41) is 5.82. The number of esters is 1. The SMILES string of the molecule is CCOC(=O)C1=C(CN2CCN(c3cccc(C)c3)[C@@H](C)C2)NC(=O)N[C@H]1c1ccc(OC(C)C)cc1. The number of hydrogen-bond acceptors (Lipinski definition) is 6. The predicted octanol–water partition coefficient (Wildman–Crippen LogP) is 4.16. The monoisotopic (exact) mass is 506 g/mol. The third-order valence-electron chi connectivity index (χ3n) is 6.66. The second kappa shape index (κ2) is 11.7. The Hall–Kier alpha value is -3.52. The van der Waals surface area contributed by atoms with E-state index in [-0.39, 0.29) is 24.8 Å². The van der Waals surface area contributed by atoms with Gasteiger partial charge in [-0.1, -0.05) is 24.3 Å². The molecular formula is C29H38N4O4. The van der Waals surface area contributed by atoms with Crippen molar-refractivity contribution in [3.63, 3.8) is 0 Å². The highest BCUT2D eigenvalue weighted by Gasteiger charge is 2.35. The van der Waals surface area contributed by atoms with Crippen LogP contribution in [0.4, 0.5) is 10.5 Å². The molecule has 1 saturated heterocycles. The molecule has 2 heterocycles. The molecule has 0 unspecified atom stereocenters. The van der Waals surface area contributed by atoms with E-state index in [2.05, 4.69) is 58.5 Å². The molecule has 37 heavy (non-hydrogen) atoms. The summed E-state index contributed by atoms with van der Waals surface area (Å²) < 4.78 is 11.2. The van der Waals surface area contributed by atoms with Crippen molar-refractivity contribution in [1.29, 1.82) is 0 Å². The number of carbonyl (C=O) groups is 2. The highest BCUT2D eigenvalue weighted by atomic mass is 16.5. The number of nitrogens with zero attached hydrogens (tertiary/aromatic N) is 2. The Morgan fingerprint density at radius 1 is 1.14 bits per heavy atom. The molecule has 0 aromatic heterocycles. The van der Waals surface area contributed by atoms with Crippen LogP contribution in [0.15, 0.2) is 59.8 Å². The molecule has 2 atom stereocenters. The number of urea groups is 1. The maximum absolute atomic E-state index is 13.2. The zero-order valence-corrected chi connectivity index (χ0v) is 22.4. The second-order valence-electron chi connectivity index (χ2n) is 10.00. The quantitative estimate of drug-likeness (QED) is 0.523. The van der Waals surface area contributed by atoms with Crippen molar-refractivity contribution in [2.24, 2.45) is 0 Å². The van der Waals surface area contributed by atoms with Crippen LogP contribution < -0.4 is 20.3 Å². The van der Waals surface area contributed by atoms with Gasteiger partial charge in [0.05, 0.1) is 24.3 Å². The Labute approximate surface area is 219 Å². The molecular weight excluding hydrogens is 468 g/mol. The van der Waals surface area contributed by atoms with Crippen LogP contribution in [0.2, 0.25) is 0 Å². The lowest BCUT2D eigenvalue weighted by atomic mass is 9.94. The first-order chi connectivity index (χ1) is 17.7. The van der Waals surface area contributed by atoms with Crippen LogP contribution in [0.5, 0.6) is 5.75 Å². The zero-order chi connectivity index (χ0) is 26.5. The maximum atomic E-state index is 13.2. The van der Waals surface area contributed by atoms with Crippen molar-refractivity contribution in [1.82, 2.24) is 15.5 Å². The summed E-state index contributed by atoms with van der Waals surface area (Å²) >= 11 is 0. The van der Waals surface area contributed by atoms with E-state index >= 15 is 0 Å². The molecule has 0 bridgehead atoms. The number of hydrogen-bond donors (Lipinski definition) is 2. The van der Waals surface area contributed by atoms with E-state index in [4.69, 9.17) is 9.47 Å². The summed E-state index contributed by atoms with van der Waals surface area (Å²) in [6.45, 7) is 13.2. The smallest absolute Gasteiger partial charge is 0.338 e. The fourth-order valence-corrected chi connectivity index (χ4v) is 5.04. The molecule has 2 aromatic rings. The van der Waals surface area contributed by atoms with Gasteiger partial charge < -0.3 is 25.0 Å². The molecule has 2 aliphatic rings. The van der Waals surface area contributed by atoms with Crippen LogP contribution in [0.25, 0.3) is 0 Å². The first-order valence-corrected chi connectivity index (χ1v) is 13.0. The van der Waals surface area contributed by atoms with Crippen molar-refractivity contribution in [3.8, 4) is 5.75 Å². The van der Waals surface area contributed by atoms with Crippen LogP contribution in [-0.2, 0) is 9.53 Å². The largest absolute Gasteiger partial charge is 0.491 e. The molecule has 2 amide bonds. The van der Waals surface area contributed by atoms with Crippen molar-refractivity contribution < 1.29 is 19.1 Å². The number of amides is 2. The molecule has 0 radical (unpaired) electrons. The molecule has 0 aliphatic carbocycles. The highest BCUT2D eigenvalue weighted by Crippen LogP contribution is 2.30. The summed E-state index contributed by atoms with van der Waals surface area (Å²) in [7, 11) is 0. The average molecular weight is 507 g/mol. The fourth-order valence-electron chi connectivity index (χ4n) is 5.04. The van der Waals surface area contributed by atoms with Gasteiger partial charge >= 0.3 is 12.0 Å². The van der Waals surface area contributed by atoms with E-state index in [1.54, 1.807) is 6.92 Å². The minimum atomic E-state index is -0.609. The van der Waals surface area contributed by atoms with E-state index < -0.39 is 12.0 Å². The Morgan fingerprint density at radius 3 is 2.54 bits per heavy atom. The first-order valence-electron chi connectivity index (χ1n) is 13.0. The van der Waals surface area contributed by atoms with Crippen molar-refractivity contribution >= 4 is 17.7 Å². The van der Waals surface area contributed by atoms with Crippen molar-refractivity contribution in [2.75, 3.05) is 37.7 Å². The van der Waals surface area contributed by atoms with Crippen LogP contribution in [0, 0.1) is 6.92 Å². The Balaban J connectivity index is 1.57. The third kappa shape index (κ3) is 6.43. The minimum absolute atomic E-state index is 0.0554. The van der Waals surface area contributed by atoms with Crippen molar-refractivity contribution in [3.05, 3.63) is 70.9 Å². The van der Waals surface area contributed by atoms with Crippen LogP contribution in [0.1, 0.15) is 44.9 Å². The third-order valence-corrected chi connectivity index (χ3v) is 6.66. The number of anilines is 1. The predicted molar refractivity (Wildman–Crippen MR) is 145 cm³/mol. The molecule has 2 aliphatic heterocycles. The van der Waals surface area contributed by atoms with Gasteiger partial charge in [0, 0.05) is 43.6 Å². The van der Waals surface area contributed by atoms with E-state index in [1.165, 1.54) is 11.3 Å². The highest BCUT2D eigenvalue weighted by molar-refractivity contribution is 5.95. The normalized spacial score (nSPS) is 20.5. The number of rotatable bonds is 8. The summed E-state index contributed by atoms with van der Waals surface area (Å²) in [6, 6.07) is 15.4. The van der Waals surface area contributed by atoms with Gasteiger partial charge in [0.15, 0.2) is 0 Å². The lowest BCUT2D eigenvalue weighted by molar-refractivity contribution is -0.139. The number of ether oxygens (including phenoxy) is 2. The van der Waals surface area contributed by atoms with Gasteiger partial charge in [-0.25, -0.2) is 9.59 Å². The topological polar surface area (TPSA) is 83.1 Å². The number of piperazine rings is 1. The van der Waals surface area contributed by atoms with E-state index in [9.17, 15) is 9.59 Å². The molecule has 198 valence electrons. The molecule has 8 nitrogen and oxygen atoms in total. The van der Waals surface area contributed by atoms with E-state index in [1.807, 2.05) is 38.1 Å². The minimum Gasteiger partial charge on any atom is -0.491 e.